The summed E-state index contributed by atoms with van der Waals surface area (Å²) in [5, 5.41) is 5.94. The van der Waals surface area contributed by atoms with Crippen molar-refractivity contribution in [2.75, 3.05) is 32.7 Å². The van der Waals surface area contributed by atoms with Crippen LogP contribution in [0.15, 0.2) is 48.8 Å². The van der Waals surface area contributed by atoms with E-state index >= 15 is 8.78 Å². The minimum Gasteiger partial charge on any atom is -0.497 e. The summed E-state index contributed by atoms with van der Waals surface area (Å²) >= 11 is 0. The van der Waals surface area contributed by atoms with Gasteiger partial charge in [-0.2, -0.15) is 4.39 Å². The summed E-state index contributed by atoms with van der Waals surface area (Å²) in [4.78, 5) is 45.8. The van der Waals surface area contributed by atoms with Crippen molar-refractivity contribution in [3.63, 3.8) is 0 Å². The lowest BCUT2D eigenvalue weighted by atomic mass is 9.73. The highest BCUT2D eigenvalue weighted by Crippen LogP contribution is 2.40. The number of hydrogen-bond acceptors (Lipinski definition) is 11. The second kappa shape index (κ2) is 15.2. The molecule has 3 aromatic heterocycles. The van der Waals surface area contributed by atoms with Crippen molar-refractivity contribution in [2.45, 2.75) is 77.1 Å². The first-order valence-electron chi connectivity index (χ1n) is 17.4. The minimum atomic E-state index is -1.01. The topological polar surface area (TPSA) is 150 Å². The maximum atomic E-state index is 16.5. The van der Waals surface area contributed by atoms with E-state index in [1.807, 2.05) is 6.92 Å². The van der Waals surface area contributed by atoms with Gasteiger partial charge in [-0.15, -0.1) is 0 Å². The molecule has 5 heterocycles. The number of nitrogens with zero attached hydrogens (tertiary/aromatic N) is 5. The molecule has 3 aliphatic rings. The van der Waals surface area contributed by atoms with E-state index in [4.69, 9.17) is 18.9 Å². The second-order valence-electron chi connectivity index (χ2n) is 14.0. The Kier molecular flexibility index (Phi) is 10.6. The zero-order valence-corrected chi connectivity index (χ0v) is 30.6. The molecule has 15 heteroatoms. The maximum Gasteiger partial charge on any atom is 0.410 e. The number of pyridine rings is 2. The van der Waals surface area contributed by atoms with Crippen LogP contribution in [0.2, 0.25) is 0 Å². The highest BCUT2D eigenvalue weighted by Gasteiger charge is 2.48. The fraction of sp³-hybridized carbons (Fsp3) is 0.421. The lowest BCUT2D eigenvalue weighted by Crippen LogP contribution is -2.66. The third kappa shape index (κ3) is 8.23. The van der Waals surface area contributed by atoms with Gasteiger partial charge in [0, 0.05) is 48.6 Å². The van der Waals surface area contributed by atoms with Gasteiger partial charge in [-0.25, -0.2) is 29.1 Å². The Labute approximate surface area is 306 Å². The molecule has 2 amide bonds. The average molecular weight is 732 g/mol. The SMILES string of the molecule is CCOc1ccc(-c2cc(C(=O)NC34CCC(CC3)N(C(=O)OC(C)(C)C)C4)c(F)c(-c3cnc(NCc4ccc(OC)cc4OC)c(F)n3)n2)cn1. The number of amides is 2. The van der Waals surface area contributed by atoms with Crippen LogP contribution in [-0.2, 0) is 11.3 Å². The number of anilines is 1. The molecule has 280 valence electrons. The molecule has 3 fully saturated rings. The summed E-state index contributed by atoms with van der Waals surface area (Å²) in [6, 6.07) is 9.84. The molecule has 4 aromatic rings. The molecule has 0 atom stereocenters. The van der Waals surface area contributed by atoms with Crippen LogP contribution < -0.4 is 24.8 Å². The summed E-state index contributed by atoms with van der Waals surface area (Å²) in [6.07, 6.45) is 4.74. The van der Waals surface area contributed by atoms with Gasteiger partial charge in [-0.3, -0.25) is 4.79 Å². The monoisotopic (exact) mass is 731 g/mol. The molecule has 13 nitrogen and oxygen atoms in total. The number of carbonyl (C=O) groups is 2. The second-order valence-corrected chi connectivity index (χ2v) is 14.0. The molecule has 1 aliphatic carbocycles. The largest absolute Gasteiger partial charge is 0.497 e. The van der Waals surface area contributed by atoms with Gasteiger partial charge in [-0.1, -0.05) is 0 Å². The van der Waals surface area contributed by atoms with Gasteiger partial charge >= 0.3 is 6.09 Å². The number of methoxy groups -OCH3 is 2. The predicted molar refractivity (Wildman–Crippen MR) is 192 cm³/mol. The number of benzene rings is 1. The first-order chi connectivity index (χ1) is 25.3. The minimum absolute atomic E-state index is 0.00387. The van der Waals surface area contributed by atoms with Crippen molar-refractivity contribution in [2.24, 2.45) is 0 Å². The summed E-state index contributed by atoms with van der Waals surface area (Å²) in [7, 11) is 3.05. The number of piperidine rings is 2. The van der Waals surface area contributed by atoms with E-state index in [-0.39, 0.29) is 47.6 Å². The fourth-order valence-corrected chi connectivity index (χ4v) is 6.64. The van der Waals surface area contributed by atoms with E-state index in [2.05, 4.69) is 30.6 Å². The van der Waals surface area contributed by atoms with Crippen molar-refractivity contribution in [1.82, 2.24) is 30.2 Å². The Morgan fingerprint density at radius 3 is 2.40 bits per heavy atom. The zero-order chi connectivity index (χ0) is 37.9. The molecule has 7 rings (SSSR count). The Bertz CT molecular complexity index is 1980. The number of aromatic nitrogens is 4. The molecule has 1 aromatic carbocycles. The summed E-state index contributed by atoms with van der Waals surface area (Å²) in [5.74, 6) is -1.41. The van der Waals surface area contributed by atoms with Crippen molar-refractivity contribution in [1.29, 1.82) is 0 Å². The molecular formula is C38H43F2N7O6. The molecule has 2 aliphatic heterocycles. The Hall–Kier alpha value is -5.60. The van der Waals surface area contributed by atoms with Gasteiger partial charge in [0.25, 0.3) is 11.9 Å². The van der Waals surface area contributed by atoms with E-state index < -0.39 is 34.9 Å². The average Bonchev–Trinajstić information content (AvgIpc) is 3.14. The quantitative estimate of drug-likeness (QED) is 0.173. The highest BCUT2D eigenvalue weighted by atomic mass is 19.1. The van der Waals surface area contributed by atoms with Crippen LogP contribution in [0, 0.1) is 11.8 Å². The third-order valence-corrected chi connectivity index (χ3v) is 9.27. The number of hydrogen-bond donors (Lipinski definition) is 2. The number of ether oxygens (including phenoxy) is 4. The van der Waals surface area contributed by atoms with Crippen molar-refractivity contribution < 1.29 is 37.3 Å². The van der Waals surface area contributed by atoms with Gasteiger partial charge in [-0.05, 0) is 77.6 Å². The number of carbonyl (C=O) groups excluding carboxylic acids is 2. The van der Waals surface area contributed by atoms with Crippen LogP contribution >= 0.6 is 0 Å². The smallest absolute Gasteiger partial charge is 0.410 e. The van der Waals surface area contributed by atoms with Crippen LogP contribution in [-0.4, -0.2) is 81.4 Å². The molecule has 2 N–H and O–H groups in total. The van der Waals surface area contributed by atoms with Gasteiger partial charge in [0.2, 0.25) is 5.88 Å². The normalized spacial score (nSPS) is 18.0. The third-order valence-electron chi connectivity index (χ3n) is 9.27. The van der Waals surface area contributed by atoms with Crippen LogP contribution in [0.25, 0.3) is 22.6 Å². The van der Waals surface area contributed by atoms with Crippen LogP contribution in [0.5, 0.6) is 17.4 Å². The molecule has 2 bridgehead atoms. The molecule has 53 heavy (non-hydrogen) atoms. The first kappa shape index (κ1) is 37.2. The van der Waals surface area contributed by atoms with Crippen LogP contribution in [0.3, 0.4) is 0 Å². The van der Waals surface area contributed by atoms with Crippen molar-refractivity contribution in [3.05, 3.63) is 71.7 Å². The van der Waals surface area contributed by atoms with E-state index in [1.165, 1.54) is 25.6 Å². The Morgan fingerprint density at radius 1 is 0.981 bits per heavy atom. The zero-order valence-electron chi connectivity index (χ0n) is 30.6. The van der Waals surface area contributed by atoms with E-state index in [0.29, 0.717) is 60.8 Å². The van der Waals surface area contributed by atoms with Gasteiger partial charge in [0.1, 0.15) is 28.5 Å². The molecule has 0 radical (unpaired) electrons. The molecule has 1 saturated carbocycles. The number of rotatable bonds is 11. The van der Waals surface area contributed by atoms with Crippen molar-refractivity contribution in [3.8, 4) is 40.0 Å². The molecular weight excluding hydrogens is 688 g/mol. The number of nitrogens with one attached hydrogen (secondary N) is 2. The van der Waals surface area contributed by atoms with E-state index in [0.717, 1.165) is 0 Å². The van der Waals surface area contributed by atoms with E-state index in [9.17, 15) is 9.59 Å². The first-order valence-corrected chi connectivity index (χ1v) is 17.4. The molecule has 0 unspecified atom stereocenters. The number of fused-ring (bicyclic) bond motifs is 3. The molecule has 0 spiro atoms. The highest BCUT2D eigenvalue weighted by molar-refractivity contribution is 5.97. The molecule has 2 saturated heterocycles. The Morgan fingerprint density at radius 2 is 1.75 bits per heavy atom. The van der Waals surface area contributed by atoms with Crippen molar-refractivity contribution >= 4 is 17.8 Å². The fourth-order valence-electron chi connectivity index (χ4n) is 6.64. The van der Waals surface area contributed by atoms with Gasteiger partial charge < -0.3 is 34.5 Å². The lowest BCUT2D eigenvalue weighted by Gasteiger charge is -2.52. The maximum absolute atomic E-state index is 16.5. The lowest BCUT2D eigenvalue weighted by molar-refractivity contribution is -0.0254. The van der Waals surface area contributed by atoms with E-state index in [1.54, 1.807) is 63.1 Å². The standard InChI is InChI=1S/C38H43F2N7O6/c1-7-52-30-11-9-22(18-41-30)27-17-26(35(48)46-38-14-12-24(13-15-38)47(21-38)36(49)53-37(2,3)4)31(39)32(44-27)28-20-43-34(33(40)45-28)42-19-23-8-10-25(50-5)16-29(23)51-6/h8-11,16-18,20,24H,7,12-15,19,21H2,1-6H3,(H,42,43)(H,46,48). The summed E-state index contributed by atoms with van der Waals surface area (Å²) in [5.41, 5.74) is -1.07. The Balaban J connectivity index is 1.31. The van der Waals surface area contributed by atoms with Crippen LogP contribution in [0.4, 0.5) is 19.4 Å². The predicted octanol–water partition coefficient (Wildman–Crippen LogP) is 6.57. The van der Waals surface area contributed by atoms with Crippen LogP contribution in [0.1, 0.15) is 69.3 Å². The summed E-state index contributed by atoms with van der Waals surface area (Å²) < 4.78 is 53.8. The number of halogens is 2. The van der Waals surface area contributed by atoms with Gasteiger partial charge in [0.05, 0.1) is 43.8 Å². The van der Waals surface area contributed by atoms with Gasteiger partial charge in [0.15, 0.2) is 11.6 Å². The summed E-state index contributed by atoms with van der Waals surface area (Å²) in [6.45, 7) is 8.00.